The van der Waals surface area contributed by atoms with Crippen molar-refractivity contribution >= 4 is 6.02 Å². The van der Waals surface area contributed by atoms with E-state index in [9.17, 15) is 0 Å². The molecule has 9 heavy (non-hydrogen) atoms. The summed E-state index contributed by atoms with van der Waals surface area (Å²) in [5.41, 5.74) is 0. The predicted octanol–water partition coefficient (Wildman–Crippen LogP) is 0.371. The van der Waals surface area contributed by atoms with Gasteiger partial charge in [-0.2, -0.15) is 0 Å². The number of hydrogen-bond acceptors (Lipinski definition) is 3. The van der Waals surface area contributed by atoms with Crippen LogP contribution in [0.3, 0.4) is 0 Å². The monoisotopic (exact) mass is 128 g/mol. The van der Waals surface area contributed by atoms with Gasteiger partial charge in [-0.1, -0.05) is 0 Å². The SMILES string of the molecule is CCOC1=NC[C@@H](C)N1. The Hall–Kier alpha value is -0.730. The summed E-state index contributed by atoms with van der Waals surface area (Å²) >= 11 is 0. The highest BCUT2D eigenvalue weighted by atomic mass is 16.5. The lowest BCUT2D eigenvalue weighted by atomic mass is 10.4. The Balaban J connectivity index is 2.27. The van der Waals surface area contributed by atoms with Crippen LogP contribution in [-0.2, 0) is 4.74 Å². The van der Waals surface area contributed by atoms with Gasteiger partial charge in [0.15, 0.2) is 0 Å². The van der Waals surface area contributed by atoms with E-state index < -0.39 is 0 Å². The quantitative estimate of drug-likeness (QED) is 0.553. The first-order valence-electron chi connectivity index (χ1n) is 3.26. The minimum Gasteiger partial charge on any atom is -0.466 e. The first-order chi connectivity index (χ1) is 4.33. The fourth-order valence-corrected chi connectivity index (χ4v) is 0.746. The molecular weight excluding hydrogens is 116 g/mol. The zero-order valence-corrected chi connectivity index (χ0v) is 5.85. The highest BCUT2D eigenvalue weighted by molar-refractivity contribution is 5.75. The Labute approximate surface area is 55.1 Å². The molecule has 1 rings (SSSR count). The van der Waals surface area contributed by atoms with Crippen LogP contribution in [0, 0.1) is 0 Å². The van der Waals surface area contributed by atoms with Crippen molar-refractivity contribution in [3.8, 4) is 0 Å². The average Bonchev–Trinajstić information content (AvgIpc) is 2.17. The third-order valence-corrected chi connectivity index (χ3v) is 1.16. The van der Waals surface area contributed by atoms with E-state index in [1.165, 1.54) is 0 Å². The molecule has 0 fully saturated rings. The van der Waals surface area contributed by atoms with Crippen LogP contribution in [-0.4, -0.2) is 25.2 Å². The third-order valence-electron chi connectivity index (χ3n) is 1.16. The van der Waals surface area contributed by atoms with Gasteiger partial charge in [0.25, 0.3) is 6.02 Å². The van der Waals surface area contributed by atoms with Gasteiger partial charge >= 0.3 is 0 Å². The van der Waals surface area contributed by atoms with Gasteiger partial charge in [-0.15, -0.1) is 0 Å². The number of nitrogens with one attached hydrogen (secondary N) is 1. The molecule has 1 N–H and O–H groups in total. The molecule has 0 saturated heterocycles. The number of amidine groups is 1. The first-order valence-corrected chi connectivity index (χ1v) is 3.26. The van der Waals surface area contributed by atoms with Crippen LogP contribution < -0.4 is 5.32 Å². The fourth-order valence-electron chi connectivity index (χ4n) is 0.746. The summed E-state index contributed by atoms with van der Waals surface area (Å²) in [6.45, 7) is 5.57. The van der Waals surface area contributed by atoms with E-state index >= 15 is 0 Å². The predicted molar refractivity (Wildman–Crippen MR) is 36.5 cm³/mol. The van der Waals surface area contributed by atoms with Crippen LogP contribution in [0.4, 0.5) is 0 Å². The van der Waals surface area contributed by atoms with E-state index in [4.69, 9.17) is 4.74 Å². The van der Waals surface area contributed by atoms with Gasteiger partial charge in [0.2, 0.25) is 0 Å². The van der Waals surface area contributed by atoms with Crippen LogP contribution >= 0.6 is 0 Å². The van der Waals surface area contributed by atoms with Crippen molar-refractivity contribution in [3.63, 3.8) is 0 Å². The maximum absolute atomic E-state index is 5.11. The minimum atomic E-state index is 0.451. The molecule has 0 bridgehead atoms. The van der Waals surface area contributed by atoms with Gasteiger partial charge in [-0.3, -0.25) is 0 Å². The van der Waals surface area contributed by atoms with Crippen molar-refractivity contribution in [1.29, 1.82) is 0 Å². The van der Waals surface area contributed by atoms with Crippen molar-refractivity contribution in [1.82, 2.24) is 5.32 Å². The minimum absolute atomic E-state index is 0.451. The molecule has 0 aromatic rings. The number of aliphatic imine (C=N–C) groups is 1. The summed E-state index contributed by atoms with van der Waals surface area (Å²) in [7, 11) is 0. The standard InChI is InChI=1S/C6H12N2O/c1-3-9-6-7-4-5(2)8-6/h5H,3-4H2,1-2H3,(H,7,8)/t5-/m1/s1. The maximum atomic E-state index is 5.11. The molecule has 1 aliphatic heterocycles. The largest absolute Gasteiger partial charge is 0.466 e. The topological polar surface area (TPSA) is 33.6 Å². The number of ether oxygens (including phenoxy) is 1. The normalized spacial score (nSPS) is 25.1. The zero-order valence-electron chi connectivity index (χ0n) is 5.85. The third kappa shape index (κ3) is 1.59. The Morgan fingerprint density at radius 1 is 1.89 bits per heavy atom. The summed E-state index contributed by atoms with van der Waals surface area (Å²) in [5.74, 6) is 0. The molecule has 0 aliphatic carbocycles. The van der Waals surface area contributed by atoms with Gasteiger partial charge in [0.05, 0.1) is 13.2 Å². The molecule has 0 aromatic heterocycles. The molecule has 52 valence electrons. The van der Waals surface area contributed by atoms with Crippen LogP contribution in [0.15, 0.2) is 4.99 Å². The lowest BCUT2D eigenvalue weighted by Crippen LogP contribution is -2.28. The Bertz CT molecular complexity index is 122. The number of nitrogens with zero attached hydrogens (tertiary/aromatic N) is 1. The molecule has 3 nitrogen and oxygen atoms in total. The lowest BCUT2D eigenvalue weighted by molar-refractivity contribution is 0.313. The molecule has 1 atom stereocenters. The number of rotatable bonds is 1. The molecule has 0 amide bonds. The Morgan fingerprint density at radius 3 is 3.11 bits per heavy atom. The van der Waals surface area contributed by atoms with Crippen molar-refractivity contribution in [2.75, 3.05) is 13.2 Å². The fraction of sp³-hybridized carbons (Fsp3) is 0.833. The second kappa shape index (κ2) is 2.71. The highest BCUT2D eigenvalue weighted by Gasteiger charge is 2.11. The van der Waals surface area contributed by atoms with Gasteiger partial charge in [-0.05, 0) is 13.8 Å². The van der Waals surface area contributed by atoms with E-state index in [0.29, 0.717) is 18.7 Å². The Kier molecular flexibility index (Phi) is 1.92. The summed E-state index contributed by atoms with van der Waals surface area (Å²) in [6, 6.07) is 1.15. The molecule has 1 aliphatic rings. The van der Waals surface area contributed by atoms with Gasteiger partial charge < -0.3 is 10.1 Å². The van der Waals surface area contributed by atoms with Crippen molar-refractivity contribution in [2.45, 2.75) is 19.9 Å². The smallest absolute Gasteiger partial charge is 0.284 e. The molecule has 0 aromatic carbocycles. The van der Waals surface area contributed by atoms with Crippen molar-refractivity contribution in [2.24, 2.45) is 4.99 Å². The molecule has 3 heteroatoms. The average molecular weight is 128 g/mol. The first kappa shape index (κ1) is 6.39. The van der Waals surface area contributed by atoms with E-state index in [0.717, 1.165) is 6.54 Å². The van der Waals surface area contributed by atoms with Crippen molar-refractivity contribution in [3.05, 3.63) is 0 Å². The molecule has 1 heterocycles. The summed E-state index contributed by atoms with van der Waals surface area (Å²) in [6.07, 6.45) is 0. The molecule has 0 radical (unpaired) electrons. The van der Waals surface area contributed by atoms with E-state index in [1.807, 2.05) is 6.92 Å². The molecule has 0 saturated carbocycles. The van der Waals surface area contributed by atoms with E-state index in [-0.39, 0.29) is 0 Å². The summed E-state index contributed by atoms with van der Waals surface area (Å²) < 4.78 is 5.11. The van der Waals surface area contributed by atoms with Crippen molar-refractivity contribution < 1.29 is 4.74 Å². The summed E-state index contributed by atoms with van der Waals surface area (Å²) in [4.78, 5) is 4.09. The zero-order chi connectivity index (χ0) is 6.69. The second-order valence-electron chi connectivity index (χ2n) is 2.12. The summed E-state index contributed by atoms with van der Waals surface area (Å²) in [5, 5.41) is 3.08. The lowest BCUT2D eigenvalue weighted by Gasteiger charge is -2.04. The second-order valence-corrected chi connectivity index (χ2v) is 2.12. The van der Waals surface area contributed by atoms with E-state index in [1.54, 1.807) is 0 Å². The Morgan fingerprint density at radius 2 is 2.67 bits per heavy atom. The van der Waals surface area contributed by atoms with E-state index in [2.05, 4.69) is 17.2 Å². The van der Waals surface area contributed by atoms with Crippen LogP contribution in [0.2, 0.25) is 0 Å². The van der Waals surface area contributed by atoms with Gasteiger partial charge in [-0.25, -0.2) is 4.99 Å². The number of hydrogen-bond donors (Lipinski definition) is 1. The van der Waals surface area contributed by atoms with Crippen LogP contribution in [0.5, 0.6) is 0 Å². The van der Waals surface area contributed by atoms with Gasteiger partial charge in [0.1, 0.15) is 0 Å². The van der Waals surface area contributed by atoms with Crippen LogP contribution in [0.25, 0.3) is 0 Å². The maximum Gasteiger partial charge on any atom is 0.284 e. The highest BCUT2D eigenvalue weighted by Crippen LogP contribution is 1.94. The van der Waals surface area contributed by atoms with Crippen LogP contribution in [0.1, 0.15) is 13.8 Å². The molecule has 0 unspecified atom stereocenters. The molecular formula is C6H12N2O. The van der Waals surface area contributed by atoms with Gasteiger partial charge in [0, 0.05) is 6.04 Å². The molecule has 0 spiro atoms.